The molecule has 0 aromatic heterocycles. The molecule has 0 aliphatic heterocycles. The van der Waals surface area contributed by atoms with Crippen molar-refractivity contribution in [3.8, 4) is 5.75 Å². The van der Waals surface area contributed by atoms with E-state index >= 15 is 0 Å². The average molecular weight is 375 g/mol. The van der Waals surface area contributed by atoms with Gasteiger partial charge in [-0.25, -0.2) is 4.99 Å². The van der Waals surface area contributed by atoms with E-state index in [2.05, 4.69) is 34.7 Å². The highest BCUT2D eigenvalue weighted by Gasteiger charge is 2.19. The zero-order valence-corrected chi connectivity index (χ0v) is 17.1. The van der Waals surface area contributed by atoms with E-state index < -0.39 is 0 Å². The van der Waals surface area contributed by atoms with Crippen LogP contribution in [-0.2, 0) is 11.2 Å². The topological polar surface area (TPSA) is 66.0 Å². The number of nitrogens with one attached hydrogen (secondary N) is 2. The molecule has 0 spiro atoms. The fourth-order valence-electron chi connectivity index (χ4n) is 3.32. The van der Waals surface area contributed by atoms with E-state index in [9.17, 15) is 4.79 Å². The molecular formula is C21H34N4O2. The van der Waals surface area contributed by atoms with Gasteiger partial charge >= 0.3 is 0 Å². The van der Waals surface area contributed by atoms with E-state index in [1.165, 1.54) is 18.4 Å². The Kier molecular flexibility index (Phi) is 8.43. The minimum Gasteiger partial charge on any atom is -0.497 e. The van der Waals surface area contributed by atoms with E-state index in [1.54, 1.807) is 26.1 Å². The van der Waals surface area contributed by atoms with E-state index in [4.69, 9.17) is 4.74 Å². The van der Waals surface area contributed by atoms with Crippen molar-refractivity contribution in [2.45, 2.75) is 45.1 Å². The van der Waals surface area contributed by atoms with Crippen molar-refractivity contribution in [3.05, 3.63) is 29.8 Å². The van der Waals surface area contributed by atoms with Crippen LogP contribution in [0.1, 0.15) is 38.2 Å². The van der Waals surface area contributed by atoms with Gasteiger partial charge in [0, 0.05) is 26.7 Å². The average Bonchev–Trinajstić information content (AvgIpc) is 2.66. The highest BCUT2D eigenvalue weighted by molar-refractivity contribution is 5.84. The third-order valence-corrected chi connectivity index (χ3v) is 5.01. The molecule has 2 unspecified atom stereocenters. The largest absolute Gasteiger partial charge is 0.497 e. The van der Waals surface area contributed by atoms with Crippen LogP contribution in [0.5, 0.6) is 5.75 Å². The van der Waals surface area contributed by atoms with Crippen molar-refractivity contribution in [1.82, 2.24) is 15.5 Å². The Morgan fingerprint density at radius 3 is 2.63 bits per heavy atom. The molecule has 1 saturated carbocycles. The standard InChI is InChI=1S/C21H34N4O2/c1-16-6-5-7-18(14-16)24-21(23-15-20(26)25(2)3)22-13-12-17-8-10-19(27-4)11-9-17/h8-11,16,18H,5-7,12-15H2,1-4H3,(H2,22,23,24). The quantitative estimate of drug-likeness (QED) is 0.568. The van der Waals surface area contributed by atoms with Crippen molar-refractivity contribution in [3.63, 3.8) is 0 Å². The number of ether oxygens (including phenoxy) is 1. The molecule has 2 rings (SSSR count). The molecule has 150 valence electrons. The summed E-state index contributed by atoms with van der Waals surface area (Å²) >= 11 is 0. The van der Waals surface area contributed by atoms with Gasteiger partial charge in [-0.15, -0.1) is 0 Å². The van der Waals surface area contributed by atoms with Crippen LogP contribution in [0.4, 0.5) is 0 Å². The zero-order valence-electron chi connectivity index (χ0n) is 17.1. The molecule has 0 heterocycles. The van der Waals surface area contributed by atoms with Crippen LogP contribution in [0.2, 0.25) is 0 Å². The molecule has 1 amide bonds. The SMILES string of the molecule is COc1ccc(CCNC(=NCC(=O)N(C)C)NC2CCCC(C)C2)cc1. The number of rotatable bonds is 7. The molecule has 0 bridgehead atoms. The van der Waals surface area contributed by atoms with Crippen molar-refractivity contribution >= 4 is 11.9 Å². The molecule has 1 aromatic rings. The van der Waals surface area contributed by atoms with E-state index in [-0.39, 0.29) is 12.5 Å². The van der Waals surface area contributed by atoms with Gasteiger partial charge < -0.3 is 20.3 Å². The Morgan fingerprint density at radius 2 is 2.00 bits per heavy atom. The second kappa shape index (κ2) is 10.8. The molecule has 2 N–H and O–H groups in total. The van der Waals surface area contributed by atoms with Crippen LogP contribution in [0.3, 0.4) is 0 Å². The van der Waals surface area contributed by atoms with Crippen LogP contribution in [0.15, 0.2) is 29.3 Å². The Hall–Kier alpha value is -2.24. The third kappa shape index (κ3) is 7.49. The molecule has 0 radical (unpaired) electrons. The Balaban J connectivity index is 1.91. The molecular weight excluding hydrogens is 340 g/mol. The number of carbonyl (C=O) groups excluding carboxylic acids is 1. The molecule has 2 atom stereocenters. The highest BCUT2D eigenvalue weighted by Crippen LogP contribution is 2.23. The van der Waals surface area contributed by atoms with Crippen molar-refractivity contribution < 1.29 is 9.53 Å². The summed E-state index contributed by atoms with van der Waals surface area (Å²) in [4.78, 5) is 18.0. The predicted octanol–water partition coefficient (Wildman–Crippen LogP) is 2.44. The fraction of sp³-hybridized carbons (Fsp3) is 0.619. The minimum atomic E-state index is 0.00302. The number of carbonyl (C=O) groups is 1. The molecule has 6 nitrogen and oxygen atoms in total. The maximum atomic E-state index is 11.9. The van der Waals surface area contributed by atoms with Gasteiger partial charge in [0.05, 0.1) is 7.11 Å². The molecule has 1 aliphatic carbocycles. The second-order valence-electron chi connectivity index (χ2n) is 7.59. The molecule has 1 fully saturated rings. The van der Waals surface area contributed by atoms with Crippen LogP contribution in [-0.4, -0.2) is 57.1 Å². The van der Waals surface area contributed by atoms with E-state index in [1.807, 2.05) is 12.1 Å². The van der Waals surface area contributed by atoms with Crippen LogP contribution >= 0.6 is 0 Å². The van der Waals surface area contributed by atoms with E-state index in [0.29, 0.717) is 6.04 Å². The lowest BCUT2D eigenvalue weighted by Crippen LogP contribution is -2.46. The maximum absolute atomic E-state index is 11.9. The monoisotopic (exact) mass is 374 g/mol. The third-order valence-electron chi connectivity index (χ3n) is 5.01. The predicted molar refractivity (Wildman–Crippen MR) is 110 cm³/mol. The summed E-state index contributed by atoms with van der Waals surface area (Å²) < 4.78 is 5.20. The van der Waals surface area contributed by atoms with Crippen LogP contribution in [0.25, 0.3) is 0 Å². The van der Waals surface area contributed by atoms with E-state index in [0.717, 1.165) is 43.4 Å². The normalized spacial score (nSPS) is 20.1. The summed E-state index contributed by atoms with van der Waals surface area (Å²) in [6.45, 7) is 3.22. The lowest BCUT2D eigenvalue weighted by Gasteiger charge is -2.29. The summed E-state index contributed by atoms with van der Waals surface area (Å²) in [5.41, 5.74) is 1.23. The van der Waals surface area contributed by atoms with Gasteiger partial charge in [-0.1, -0.05) is 31.9 Å². The first kappa shape index (κ1) is 21.1. The fourth-order valence-corrected chi connectivity index (χ4v) is 3.32. The Morgan fingerprint density at radius 1 is 1.26 bits per heavy atom. The number of nitrogens with zero attached hydrogens (tertiary/aromatic N) is 2. The minimum absolute atomic E-state index is 0.00302. The molecule has 0 saturated heterocycles. The summed E-state index contributed by atoms with van der Waals surface area (Å²) in [5, 5.41) is 6.92. The number of aliphatic imine (C=N–C) groups is 1. The lowest BCUT2D eigenvalue weighted by molar-refractivity contribution is -0.127. The summed E-state index contributed by atoms with van der Waals surface area (Å²) in [5.74, 6) is 2.34. The van der Waals surface area contributed by atoms with Gasteiger partial charge in [0.1, 0.15) is 12.3 Å². The number of hydrogen-bond donors (Lipinski definition) is 2. The number of likely N-dealkylation sites (N-methyl/N-ethyl adjacent to an activating group) is 1. The second-order valence-corrected chi connectivity index (χ2v) is 7.59. The highest BCUT2D eigenvalue weighted by atomic mass is 16.5. The summed E-state index contributed by atoms with van der Waals surface area (Å²) in [7, 11) is 5.18. The number of amides is 1. The maximum Gasteiger partial charge on any atom is 0.243 e. The number of guanidine groups is 1. The van der Waals surface area contributed by atoms with Gasteiger partial charge in [-0.3, -0.25) is 4.79 Å². The van der Waals surface area contributed by atoms with Gasteiger partial charge in [0.2, 0.25) is 5.91 Å². The number of methoxy groups -OCH3 is 1. The number of benzene rings is 1. The first-order valence-electron chi connectivity index (χ1n) is 9.86. The molecule has 6 heteroatoms. The van der Waals surface area contributed by atoms with Gasteiger partial charge in [-0.2, -0.15) is 0 Å². The zero-order chi connectivity index (χ0) is 19.6. The number of hydrogen-bond acceptors (Lipinski definition) is 3. The first-order chi connectivity index (χ1) is 13.0. The Labute approximate surface area is 163 Å². The molecule has 1 aliphatic rings. The summed E-state index contributed by atoms with van der Waals surface area (Å²) in [6, 6.07) is 8.52. The van der Waals surface area contributed by atoms with Crippen LogP contribution < -0.4 is 15.4 Å². The van der Waals surface area contributed by atoms with Crippen molar-refractivity contribution in [1.29, 1.82) is 0 Å². The van der Waals surface area contributed by atoms with Gasteiger partial charge in [0.15, 0.2) is 5.96 Å². The van der Waals surface area contributed by atoms with Crippen molar-refractivity contribution in [2.75, 3.05) is 34.3 Å². The van der Waals surface area contributed by atoms with Crippen LogP contribution in [0, 0.1) is 5.92 Å². The first-order valence-corrected chi connectivity index (χ1v) is 9.86. The molecule has 1 aromatic carbocycles. The van der Waals surface area contributed by atoms with Gasteiger partial charge in [0.25, 0.3) is 0 Å². The lowest BCUT2D eigenvalue weighted by atomic mass is 9.87. The summed E-state index contributed by atoms with van der Waals surface area (Å²) in [6.07, 6.45) is 5.74. The smallest absolute Gasteiger partial charge is 0.243 e. The molecule has 27 heavy (non-hydrogen) atoms. The Bertz CT molecular complexity index is 613. The van der Waals surface area contributed by atoms with Gasteiger partial charge in [-0.05, 0) is 42.9 Å². The van der Waals surface area contributed by atoms with Crippen molar-refractivity contribution in [2.24, 2.45) is 10.9 Å².